The largest absolute Gasteiger partial charge is 0.334 e. The van der Waals surface area contributed by atoms with Crippen LogP contribution in [0.25, 0.3) is 0 Å². The Morgan fingerprint density at radius 3 is 2.28 bits per heavy atom. The fourth-order valence-electron chi connectivity index (χ4n) is 2.43. The molecule has 6 heteroatoms. The lowest BCUT2D eigenvalue weighted by molar-refractivity contribution is 0.206. The van der Waals surface area contributed by atoms with Gasteiger partial charge in [0.15, 0.2) is 0 Å². The van der Waals surface area contributed by atoms with Crippen molar-refractivity contribution in [3.63, 3.8) is 0 Å². The molecule has 0 aromatic heterocycles. The molecule has 0 atom stereocenters. The number of hydrogen-bond donors (Lipinski definition) is 1. The van der Waals surface area contributed by atoms with Gasteiger partial charge in [-0.05, 0) is 37.4 Å². The van der Waals surface area contributed by atoms with Crippen LogP contribution < -0.4 is 5.32 Å². The number of halogens is 2. The highest BCUT2D eigenvalue weighted by Gasteiger charge is 2.14. The summed E-state index contributed by atoms with van der Waals surface area (Å²) >= 11 is 6.00. The lowest BCUT2D eigenvalue weighted by Gasteiger charge is -2.19. The Morgan fingerprint density at radius 1 is 1.04 bits per heavy atom. The number of nitrogens with zero attached hydrogens (tertiary/aromatic N) is 2. The van der Waals surface area contributed by atoms with Crippen LogP contribution >= 0.6 is 11.6 Å². The van der Waals surface area contributed by atoms with Gasteiger partial charge in [0, 0.05) is 30.7 Å². The minimum atomic E-state index is -0.413. The first-order chi connectivity index (χ1) is 11.9. The Hall–Kier alpha value is -2.11. The lowest BCUT2D eigenvalue weighted by Crippen LogP contribution is -2.36. The van der Waals surface area contributed by atoms with Gasteiger partial charge in [-0.25, -0.2) is 9.18 Å². The molecule has 0 saturated carbocycles. The fraction of sp³-hybridized carbons (Fsp3) is 0.316. The van der Waals surface area contributed by atoms with Crippen LogP contribution in [0.1, 0.15) is 16.7 Å². The number of benzene rings is 2. The van der Waals surface area contributed by atoms with E-state index in [-0.39, 0.29) is 12.6 Å². The molecule has 0 aliphatic rings. The molecule has 0 heterocycles. The maximum Gasteiger partial charge on any atom is 0.317 e. The van der Waals surface area contributed by atoms with Crippen LogP contribution in [0, 0.1) is 5.82 Å². The third-order valence-electron chi connectivity index (χ3n) is 3.77. The molecule has 0 bridgehead atoms. The van der Waals surface area contributed by atoms with Gasteiger partial charge in [-0.15, -0.1) is 0 Å². The Bertz CT molecular complexity index is 699. The van der Waals surface area contributed by atoms with Crippen molar-refractivity contribution in [3.8, 4) is 0 Å². The van der Waals surface area contributed by atoms with E-state index in [1.165, 1.54) is 16.5 Å². The third-order valence-corrected chi connectivity index (χ3v) is 4.12. The standard InChI is InChI=1S/C19H23ClFN3O/c1-23(2)12-15-9-7-14(8-10-15)11-22-19(25)24(3)13-16-17(20)5-4-6-18(16)21/h4-10H,11-13H2,1-3H3,(H,22,25). The Kier molecular flexibility index (Phi) is 6.79. The van der Waals surface area contributed by atoms with Crippen LogP contribution in [0.3, 0.4) is 0 Å². The van der Waals surface area contributed by atoms with E-state index in [0.29, 0.717) is 17.1 Å². The van der Waals surface area contributed by atoms with Crippen molar-refractivity contribution in [1.29, 1.82) is 0 Å². The molecule has 0 saturated heterocycles. The van der Waals surface area contributed by atoms with Gasteiger partial charge in [-0.2, -0.15) is 0 Å². The molecular weight excluding hydrogens is 341 g/mol. The molecule has 25 heavy (non-hydrogen) atoms. The average molecular weight is 364 g/mol. The van der Waals surface area contributed by atoms with Gasteiger partial charge in [-0.1, -0.05) is 41.9 Å². The van der Waals surface area contributed by atoms with E-state index in [1.54, 1.807) is 19.2 Å². The molecule has 4 nitrogen and oxygen atoms in total. The van der Waals surface area contributed by atoms with Crippen molar-refractivity contribution < 1.29 is 9.18 Å². The average Bonchev–Trinajstić information content (AvgIpc) is 2.56. The number of hydrogen-bond acceptors (Lipinski definition) is 2. The molecule has 0 aliphatic heterocycles. The molecule has 0 unspecified atom stereocenters. The van der Waals surface area contributed by atoms with E-state index in [9.17, 15) is 9.18 Å². The van der Waals surface area contributed by atoms with Crippen LogP contribution in [0.5, 0.6) is 0 Å². The summed E-state index contributed by atoms with van der Waals surface area (Å²) in [4.78, 5) is 15.7. The van der Waals surface area contributed by atoms with Gasteiger partial charge >= 0.3 is 6.03 Å². The van der Waals surface area contributed by atoms with Gasteiger partial charge in [0.1, 0.15) is 5.82 Å². The summed E-state index contributed by atoms with van der Waals surface area (Å²) in [7, 11) is 5.65. The van der Waals surface area contributed by atoms with Crippen LogP contribution in [0.2, 0.25) is 5.02 Å². The first-order valence-electron chi connectivity index (χ1n) is 8.01. The summed E-state index contributed by atoms with van der Waals surface area (Å²) in [6, 6.07) is 12.3. The monoisotopic (exact) mass is 363 g/mol. The Balaban J connectivity index is 1.89. The number of carbonyl (C=O) groups is 1. The van der Waals surface area contributed by atoms with E-state index in [1.807, 2.05) is 38.4 Å². The number of urea groups is 1. The smallest absolute Gasteiger partial charge is 0.317 e. The predicted octanol–water partition coefficient (Wildman–Crippen LogP) is 3.88. The lowest BCUT2D eigenvalue weighted by atomic mass is 10.1. The first kappa shape index (κ1) is 19.2. The zero-order valence-electron chi connectivity index (χ0n) is 14.7. The van der Waals surface area contributed by atoms with Crippen molar-refractivity contribution in [2.75, 3.05) is 21.1 Å². The second-order valence-electron chi connectivity index (χ2n) is 6.27. The SMILES string of the molecule is CN(C)Cc1ccc(CNC(=O)N(C)Cc2c(F)cccc2Cl)cc1. The Labute approximate surface area is 153 Å². The highest BCUT2D eigenvalue weighted by atomic mass is 35.5. The summed E-state index contributed by atoms with van der Waals surface area (Å²) < 4.78 is 13.8. The predicted molar refractivity (Wildman–Crippen MR) is 98.9 cm³/mol. The third kappa shape index (κ3) is 5.73. The summed E-state index contributed by atoms with van der Waals surface area (Å²) in [6.45, 7) is 1.40. The normalized spacial score (nSPS) is 10.8. The molecule has 0 radical (unpaired) electrons. The van der Waals surface area contributed by atoms with Gasteiger partial charge in [-0.3, -0.25) is 0 Å². The van der Waals surface area contributed by atoms with Crippen LogP contribution in [0.15, 0.2) is 42.5 Å². The highest BCUT2D eigenvalue weighted by molar-refractivity contribution is 6.31. The van der Waals surface area contributed by atoms with E-state index in [0.717, 1.165) is 12.1 Å². The van der Waals surface area contributed by atoms with Crippen molar-refractivity contribution in [1.82, 2.24) is 15.1 Å². The molecule has 0 fully saturated rings. The van der Waals surface area contributed by atoms with Crippen molar-refractivity contribution in [3.05, 3.63) is 70.0 Å². The number of amides is 2. The van der Waals surface area contributed by atoms with Gasteiger partial charge < -0.3 is 15.1 Å². The summed E-state index contributed by atoms with van der Waals surface area (Å²) in [5.41, 5.74) is 2.54. The van der Waals surface area contributed by atoms with Crippen molar-refractivity contribution in [2.24, 2.45) is 0 Å². The van der Waals surface area contributed by atoms with Gasteiger partial charge in [0.25, 0.3) is 0 Å². The fourth-order valence-corrected chi connectivity index (χ4v) is 2.66. The van der Waals surface area contributed by atoms with Gasteiger partial charge in [0.2, 0.25) is 0 Å². The van der Waals surface area contributed by atoms with E-state index < -0.39 is 5.82 Å². The van der Waals surface area contributed by atoms with E-state index in [4.69, 9.17) is 11.6 Å². The van der Waals surface area contributed by atoms with Crippen LogP contribution in [-0.2, 0) is 19.6 Å². The molecule has 2 rings (SSSR count). The minimum absolute atomic E-state index is 0.110. The molecule has 2 aromatic carbocycles. The molecule has 2 amide bonds. The molecule has 134 valence electrons. The van der Waals surface area contributed by atoms with E-state index in [2.05, 4.69) is 10.2 Å². The molecular formula is C19H23ClFN3O. The topological polar surface area (TPSA) is 35.6 Å². The van der Waals surface area contributed by atoms with Gasteiger partial charge in [0.05, 0.1) is 6.54 Å². The summed E-state index contributed by atoms with van der Waals surface area (Å²) in [5.74, 6) is -0.413. The van der Waals surface area contributed by atoms with Crippen molar-refractivity contribution >= 4 is 17.6 Å². The molecule has 0 aliphatic carbocycles. The number of nitrogens with one attached hydrogen (secondary N) is 1. The first-order valence-corrected chi connectivity index (χ1v) is 8.39. The quantitative estimate of drug-likeness (QED) is 0.845. The summed E-state index contributed by atoms with van der Waals surface area (Å²) in [5, 5.41) is 3.15. The maximum atomic E-state index is 13.8. The number of rotatable bonds is 6. The summed E-state index contributed by atoms with van der Waals surface area (Å²) in [6.07, 6.45) is 0. The Morgan fingerprint density at radius 2 is 1.68 bits per heavy atom. The minimum Gasteiger partial charge on any atom is -0.334 e. The van der Waals surface area contributed by atoms with Crippen molar-refractivity contribution in [2.45, 2.75) is 19.6 Å². The van der Waals surface area contributed by atoms with Crippen LogP contribution in [0.4, 0.5) is 9.18 Å². The second kappa shape index (κ2) is 8.83. The molecule has 0 spiro atoms. The molecule has 1 N–H and O–H groups in total. The van der Waals surface area contributed by atoms with E-state index >= 15 is 0 Å². The highest BCUT2D eigenvalue weighted by Crippen LogP contribution is 2.20. The second-order valence-corrected chi connectivity index (χ2v) is 6.68. The molecule has 2 aromatic rings. The zero-order valence-corrected chi connectivity index (χ0v) is 15.5. The maximum absolute atomic E-state index is 13.8. The number of carbonyl (C=O) groups excluding carboxylic acids is 1. The zero-order chi connectivity index (χ0) is 18.4. The van der Waals surface area contributed by atoms with Crippen LogP contribution in [-0.4, -0.2) is 37.0 Å².